The normalized spacial score (nSPS) is 16.8. The summed E-state index contributed by atoms with van der Waals surface area (Å²) in [6.07, 6.45) is 2.88. The Bertz CT molecular complexity index is 2520. The van der Waals surface area contributed by atoms with Gasteiger partial charge in [-0.15, -0.1) is 0 Å². The van der Waals surface area contributed by atoms with Crippen LogP contribution in [0.5, 0.6) is 0 Å². The second-order valence-corrected chi connectivity index (χ2v) is 20.1. The molecule has 0 bridgehead atoms. The topological polar surface area (TPSA) is 491 Å². The van der Waals surface area contributed by atoms with Crippen molar-refractivity contribution in [3.63, 3.8) is 0 Å². The van der Waals surface area contributed by atoms with Gasteiger partial charge in [-0.05, 0) is 31.1 Å². The van der Waals surface area contributed by atoms with Crippen molar-refractivity contribution in [3.8, 4) is 0 Å². The van der Waals surface area contributed by atoms with E-state index < -0.39 is 174 Å². The second-order valence-electron chi connectivity index (χ2n) is 19.4. The van der Waals surface area contributed by atoms with E-state index in [1.165, 1.54) is 25.0 Å². The van der Waals surface area contributed by atoms with E-state index in [0.717, 1.165) is 4.90 Å². The zero-order valence-corrected chi connectivity index (χ0v) is 46.1. The third kappa shape index (κ3) is 21.1. The number of carboxylic acids is 3. The minimum absolute atomic E-state index is 0.00204. The lowest BCUT2D eigenvalue weighted by molar-refractivity contribution is -0.145. The largest absolute Gasteiger partial charge is 0.481 e. The zero-order valence-electron chi connectivity index (χ0n) is 44.3. The molecule has 2 aromatic rings. The molecule has 0 radical (unpaired) electrons. The van der Waals surface area contributed by atoms with E-state index in [1.807, 2.05) is 0 Å². The van der Waals surface area contributed by atoms with Gasteiger partial charge in [0.1, 0.15) is 54.4 Å². The van der Waals surface area contributed by atoms with Crippen molar-refractivity contribution >= 4 is 102 Å². The van der Waals surface area contributed by atoms with E-state index in [9.17, 15) is 77.6 Å². The molecule has 80 heavy (non-hydrogen) atoms. The number of nitrogens with zero attached hydrogens (tertiary/aromatic N) is 3. The molecule has 2 aromatic heterocycles. The molecule has 10 amide bonds. The third-order valence-electron chi connectivity index (χ3n) is 12.6. The summed E-state index contributed by atoms with van der Waals surface area (Å²) in [6.45, 7) is 6.66. The molecular formula is C47H71N15O16S2. The number of hydrogen-bond acceptors (Lipinski definition) is 18. The van der Waals surface area contributed by atoms with Gasteiger partial charge in [-0.1, -0.05) is 34.1 Å². The summed E-state index contributed by atoms with van der Waals surface area (Å²) >= 11 is 8.02. The number of nitrogens with two attached hydrogens (primary N) is 2. The predicted octanol–water partition coefficient (Wildman–Crippen LogP) is -5.02. The van der Waals surface area contributed by atoms with Crippen LogP contribution in [0.2, 0.25) is 0 Å². The number of aliphatic carboxylic acids is 3. The molecule has 1 fully saturated rings. The standard InChI is InChI=1S/C47H71N15O16S2/c1-5-22(4)37(61-38(68)25(48)10-23-15-50-19-52-23)45(75)58-27(11-24-16-51-20-53-24)40(70)55-28(12-34(49)63)41(71)54-26(9-21(2)3)39(69)56-29(13-35(64)65)42(72)59-31(17-79)46(76)62-8-6-7-33(62)44(74)57-30(14-36(66)67)43(73)60-32(18-80)47(77)78/h15-16,19-22,25-33,37,79-80H,5-14,17-18,48H2,1-4H3,(H2,49,63)(H,50,52)(H,51,53)(H,54,71)(H,55,70)(H,56,69)(H,57,74)(H,58,75)(H,59,72)(H,60,73)(H,61,68)(H,64,65)(H,66,67)(H,77,78)/t22-,25-,26-,27-,28-,29-,30-,31-,32-,33-,37-/m0/s1. The van der Waals surface area contributed by atoms with Gasteiger partial charge in [0, 0.05) is 54.7 Å². The van der Waals surface area contributed by atoms with Gasteiger partial charge >= 0.3 is 17.9 Å². The Hall–Kier alpha value is -7.81. The molecule has 31 nitrogen and oxygen atoms in total. The minimum atomic E-state index is -1.94. The molecule has 1 aliphatic heterocycles. The quantitative estimate of drug-likeness (QED) is 0.0292. The number of primary amides is 1. The van der Waals surface area contributed by atoms with Gasteiger partial charge in [0.15, 0.2) is 0 Å². The first-order valence-electron chi connectivity index (χ1n) is 25.3. The molecule has 3 rings (SSSR count). The van der Waals surface area contributed by atoms with Crippen molar-refractivity contribution in [2.24, 2.45) is 23.3 Å². The number of aromatic nitrogens is 4. The number of rotatable bonds is 34. The lowest BCUT2D eigenvalue weighted by Gasteiger charge is -2.30. The molecule has 3 heterocycles. The number of carbonyl (C=O) groups is 13. The molecule has 17 N–H and O–H groups in total. The summed E-state index contributed by atoms with van der Waals surface area (Å²) in [4.78, 5) is 186. The maximum absolute atomic E-state index is 14.2. The number of H-pyrrole nitrogens is 2. The summed E-state index contributed by atoms with van der Waals surface area (Å²) in [5.41, 5.74) is 12.5. The first-order chi connectivity index (χ1) is 37.7. The maximum atomic E-state index is 14.2. The molecule has 0 unspecified atom stereocenters. The van der Waals surface area contributed by atoms with Gasteiger partial charge in [-0.3, -0.25) is 57.5 Å². The van der Waals surface area contributed by atoms with Crippen LogP contribution in [0.4, 0.5) is 0 Å². The highest BCUT2D eigenvalue weighted by Gasteiger charge is 2.41. The van der Waals surface area contributed by atoms with Gasteiger partial charge in [0.2, 0.25) is 59.1 Å². The number of hydrogen-bond donors (Lipinski definition) is 17. The van der Waals surface area contributed by atoms with Gasteiger partial charge in [0.05, 0.1) is 38.0 Å². The van der Waals surface area contributed by atoms with Crippen LogP contribution in [-0.2, 0) is 75.2 Å². The lowest BCUT2D eigenvalue weighted by Crippen LogP contribution is -2.61. The Morgan fingerprint density at radius 3 is 1.56 bits per heavy atom. The lowest BCUT2D eigenvalue weighted by atomic mass is 9.96. The minimum Gasteiger partial charge on any atom is -0.481 e. The molecule has 0 aliphatic carbocycles. The number of aromatic amines is 2. The van der Waals surface area contributed by atoms with Crippen molar-refractivity contribution in [1.29, 1.82) is 0 Å². The van der Waals surface area contributed by atoms with Crippen LogP contribution in [0.3, 0.4) is 0 Å². The first kappa shape index (κ1) is 66.5. The van der Waals surface area contributed by atoms with E-state index in [1.54, 1.807) is 27.7 Å². The van der Waals surface area contributed by atoms with Crippen molar-refractivity contribution in [2.75, 3.05) is 18.1 Å². The average Bonchev–Trinajstić information content (AvgIpc) is 4.21. The van der Waals surface area contributed by atoms with Crippen molar-refractivity contribution in [1.82, 2.24) is 67.4 Å². The predicted molar refractivity (Wildman–Crippen MR) is 285 cm³/mol. The van der Waals surface area contributed by atoms with Crippen LogP contribution in [0.1, 0.15) is 84.0 Å². The van der Waals surface area contributed by atoms with Crippen molar-refractivity contribution < 1.29 is 77.6 Å². The number of carbonyl (C=O) groups excluding carboxylic acids is 10. The van der Waals surface area contributed by atoms with Gasteiger partial charge < -0.3 is 84.2 Å². The van der Waals surface area contributed by atoms with Crippen LogP contribution in [0.25, 0.3) is 0 Å². The summed E-state index contributed by atoms with van der Waals surface area (Å²) < 4.78 is 0. The number of amides is 10. The molecule has 0 spiro atoms. The fourth-order valence-corrected chi connectivity index (χ4v) is 8.65. The molecule has 1 aliphatic rings. The fourth-order valence-electron chi connectivity index (χ4n) is 8.16. The smallest absolute Gasteiger partial charge is 0.327 e. The monoisotopic (exact) mass is 1170 g/mol. The van der Waals surface area contributed by atoms with Crippen LogP contribution >= 0.6 is 25.3 Å². The third-order valence-corrected chi connectivity index (χ3v) is 13.3. The zero-order chi connectivity index (χ0) is 60.0. The second kappa shape index (κ2) is 32.3. The molecule has 442 valence electrons. The fraction of sp³-hybridized carbons (Fsp3) is 0.596. The van der Waals surface area contributed by atoms with E-state index >= 15 is 0 Å². The van der Waals surface area contributed by atoms with E-state index in [4.69, 9.17) is 11.5 Å². The van der Waals surface area contributed by atoms with Crippen molar-refractivity contribution in [3.05, 3.63) is 36.4 Å². The van der Waals surface area contributed by atoms with Crippen LogP contribution in [0, 0.1) is 11.8 Å². The summed E-state index contributed by atoms with van der Waals surface area (Å²) in [5.74, 6) is -16.5. The molecule has 33 heteroatoms. The highest BCUT2D eigenvalue weighted by Crippen LogP contribution is 2.20. The molecule has 0 saturated carbocycles. The van der Waals surface area contributed by atoms with Crippen LogP contribution in [0.15, 0.2) is 25.0 Å². The highest BCUT2D eigenvalue weighted by molar-refractivity contribution is 7.80. The number of carboxylic acid groups (broad SMARTS) is 3. The SMILES string of the molecule is CC[C@H](C)[C@H](NC(=O)[C@@H](N)Cc1cnc[nH]1)C(=O)N[C@@H](Cc1cnc[nH]1)C(=O)N[C@@H](CC(N)=O)C(=O)N[C@@H](CC(C)C)C(=O)N[C@@H](CC(=O)O)C(=O)N[C@@H](CS)C(=O)N1CCC[C@H]1C(=O)N[C@@H](CC(=O)O)C(=O)N[C@@H](CS)C(=O)O. The van der Waals surface area contributed by atoms with E-state index in [0.29, 0.717) is 17.8 Å². The average molecular weight is 1170 g/mol. The Morgan fingerprint density at radius 1 is 0.625 bits per heavy atom. The van der Waals surface area contributed by atoms with Gasteiger partial charge in [0.25, 0.3) is 0 Å². The number of nitrogens with one attached hydrogen (secondary N) is 10. The summed E-state index contributed by atoms with van der Waals surface area (Å²) in [5, 5.41) is 47.5. The highest BCUT2D eigenvalue weighted by atomic mass is 32.1. The van der Waals surface area contributed by atoms with Crippen molar-refractivity contribution in [2.45, 2.75) is 146 Å². The first-order valence-corrected chi connectivity index (χ1v) is 26.6. The van der Waals surface area contributed by atoms with E-state index in [2.05, 4.69) is 87.7 Å². The Kier molecular flexibility index (Phi) is 26.8. The van der Waals surface area contributed by atoms with Gasteiger partial charge in [-0.2, -0.15) is 25.3 Å². The van der Waals surface area contributed by atoms with Gasteiger partial charge in [-0.25, -0.2) is 14.8 Å². The van der Waals surface area contributed by atoms with Crippen LogP contribution in [-0.4, -0.2) is 196 Å². The number of imidazole rings is 2. The number of likely N-dealkylation sites (tertiary alicyclic amines) is 1. The Morgan fingerprint density at radius 2 is 1.09 bits per heavy atom. The maximum Gasteiger partial charge on any atom is 0.327 e. The van der Waals surface area contributed by atoms with E-state index in [-0.39, 0.29) is 44.4 Å². The molecule has 0 aromatic carbocycles. The molecule has 1 saturated heterocycles. The Balaban J connectivity index is 1.82. The van der Waals surface area contributed by atoms with Crippen LogP contribution < -0.4 is 54.0 Å². The summed E-state index contributed by atoms with van der Waals surface area (Å²) in [7, 11) is 0. The molecule has 11 atom stereocenters. The number of thiol groups is 2. The molecular weight excluding hydrogens is 1090 g/mol. The summed E-state index contributed by atoms with van der Waals surface area (Å²) in [6, 6.07) is -15.4. The Labute approximate surface area is 469 Å².